The van der Waals surface area contributed by atoms with Gasteiger partial charge in [0.2, 0.25) is 17.4 Å². The van der Waals surface area contributed by atoms with Gasteiger partial charge in [0, 0.05) is 18.4 Å². The van der Waals surface area contributed by atoms with Gasteiger partial charge in [0.05, 0.1) is 17.9 Å². The van der Waals surface area contributed by atoms with E-state index in [-0.39, 0.29) is 23.8 Å². The summed E-state index contributed by atoms with van der Waals surface area (Å²) < 4.78 is 13.4. The van der Waals surface area contributed by atoms with Gasteiger partial charge in [-0.3, -0.25) is 14.4 Å². The first kappa shape index (κ1) is 16.9. The average molecular weight is 392 g/mol. The van der Waals surface area contributed by atoms with Crippen molar-refractivity contribution in [2.75, 3.05) is 16.8 Å². The van der Waals surface area contributed by atoms with Crippen molar-refractivity contribution < 1.29 is 23.7 Å². The van der Waals surface area contributed by atoms with Gasteiger partial charge in [0.1, 0.15) is 23.7 Å². The SMILES string of the molecule is O=C1[C@H]2[C@@H](C(=O)N1c1ccc(F)cc1)[C@]1(C(=O)Nc3ccccc31)[NH+]1CCC[C@@H]21. The lowest BCUT2D eigenvalue weighted by atomic mass is 9.75. The van der Waals surface area contributed by atoms with Crippen LogP contribution in [0.5, 0.6) is 0 Å². The van der Waals surface area contributed by atoms with Crippen LogP contribution in [-0.2, 0) is 19.9 Å². The molecule has 2 N–H and O–H groups in total. The maximum absolute atomic E-state index is 13.6. The highest BCUT2D eigenvalue weighted by molar-refractivity contribution is 6.25. The summed E-state index contributed by atoms with van der Waals surface area (Å²) >= 11 is 0. The Balaban J connectivity index is 1.55. The first-order chi connectivity index (χ1) is 14.0. The van der Waals surface area contributed by atoms with Crippen LogP contribution in [0.4, 0.5) is 15.8 Å². The number of benzene rings is 2. The highest BCUT2D eigenvalue weighted by Crippen LogP contribution is 2.52. The summed E-state index contributed by atoms with van der Waals surface area (Å²) in [6.45, 7) is 0.760. The molecule has 3 amide bonds. The van der Waals surface area contributed by atoms with Crippen molar-refractivity contribution in [2.24, 2.45) is 11.8 Å². The van der Waals surface area contributed by atoms with Crippen LogP contribution in [0, 0.1) is 17.7 Å². The van der Waals surface area contributed by atoms with Gasteiger partial charge < -0.3 is 10.2 Å². The van der Waals surface area contributed by atoms with Crippen molar-refractivity contribution in [3.63, 3.8) is 0 Å². The normalized spacial score (nSPS) is 34.5. The highest BCUT2D eigenvalue weighted by Gasteiger charge is 2.78. The van der Waals surface area contributed by atoms with E-state index in [0.29, 0.717) is 5.69 Å². The van der Waals surface area contributed by atoms with Gasteiger partial charge >= 0.3 is 0 Å². The van der Waals surface area contributed by atoms with Gasteiger partial charge in [-0.15, -0.1) is 0 Å². The number of nitrogens with zero attached hydrogens (tertiary/aromatic N) is 1. The molecule has 1 unspecified atom stereocenters. The fourth-order valence-corrected chi connectivity index (χ4v) is 6.26. The van der Waals surface area contributed by atoms with Crippen molar-refractivity contribution >= 4 is 29.1 Å². The van der Waals surface area contributed by atoms with Crippen LogP contribution in [0.2, 0.25) is 0 Å². The topological polar surface area (TPSA) is 70.9 Å². The molecule has 0 aliphatic carbocycles. The average Bonchev–Trinajstić information content (AvgIpc) is 3.41. The first-order valence-electron chi connectivity index (χ1n) is 9.95. The third-order valence-electron chi connectivity index (χ3n) is 7.21. The smallest absolute Gasteiger partial charge is 0.291 e. The van der Waals surface area contributed by atoms with Gasteiger partial charge in [-0.05, 0) is 30.3 Å². The van der Waals surface area contributed by atoms with Crippen molar-refractivity contribution in [1.29, 1.82) is 0 Å². The molecular weight excluding hydrogens is 373 g/mol. The van der Waals surface area contributed by atoms with Gasteiger partial charge in [-0.1, -0.05) is 18.2 Å². The Morgan fingerprint density at radius 2 is 1.79 bits per heavy atom. The summed E-state index contributed by atoms with van der Waals surface area (Å²) in [5.74, 6) is -2.55. The maximum atomic E-state index is 13.6. The second-order valence-electron chi connectivity index (χ2n) is 8.32. The molecular formula is C22H19FN3O3+. The van der Waals surface area contributed by atoms with Crippen LogP contribution in [-0.4, -0.2) is 30.3 Å². The predicted molar refractivity (Wildman–Crippen MR) is 101 cm³/mol. The number of fused-ring (bicyclic) bond motifs is 7. The minimum absolute atomic E-state index is 0.0706. The molecule has 2 aromatic carbocycles. The van der Waals surface area contributed by atoms with Crippen molar-refractivity contribution in [1.82, 2.24) is 0 Å². The highest BCUT2D eigenvalue weighted by atomic mass is 19.1. The molecule has 146 valence electrons. The number of hydrogen-bond acceptors (Lipinski definition) is 3. The zero-order valence-electron chi connectivity index (χ0n) is 15.5. The summed E-state index contributed by atoms with van der Waals surface area (Å²) in [4.78, 5) is 42.7. The van der Waals surface area contributed by atoms with Crippen LogP contribution in [0.1, 0.15) is 18.4 Å². The summed E-state index contributed by atoms with van der Waals surface area (Å²) in [6, 6.07) is 12.8. The van der Waals surface area contributed by atoms with Gasteiger partial charge in [0.25, 0.3) is 5.91 Å². The largest absolute Gasteiger partial charge is 0.320 e. The summed E-state index contributed by atoms with van der Waals surface area (Å²) in [5.41, 5.74) is 0.805. The molecule has 0 saturated carbocycles. The van der Waals surface area contributed by atoms with Crippen molar-refractivity contribution in [3.05, 3.63) is 59.9 Å². The Bertz CT molecular complexity index is 1080. The van der Waals surface area contributed by atoms with E-state index in [4.69, 9.17) is 0 Å². The number of amides is 3. The molecule has 0 aromatic heterocycles. The number of nitrogens with one attached hydrogen (secondary N) is 2. The number of rotatable bonds is 1. The molecule has 29 heavy (non-hydrogen) atoms. The first-order valence-corrected chi connectivity index (χ1v) is 9.95. The number of anilines is 2. The standard InChI is InChI=1S/C22H18FN3O3/c23-12-7-9-13(10-8-12)26-19(27)17-16-6-3-11-25(16)22(18(17)20(26)28)14-4-1-2-5-15(14)24-21(22)29/h1-2,4-5,7-10,16-18H,3,6,11H2,(H,24,29)/p+1/t16-,17+,18-,22+/m0/s1. The quantitative estimate of drug-likeness (QED) is 0.707. The molecule has 6 rings (SSSR count). The van der Waals surface area contributed by atoms with E-state index in [1.54, 1.807) is 0 Å². The molecule has 2 aromatic rings. The molecule has 1 spiro atoms. The molecule has 4 heterocycles. The lowest BCUT2D eigenvalue weighted by Gasteiger charge is -2.33. The van der Waals surface area contributed by atoms with E-state index in [1.165, 1.54) is 29.2 Å². The number of quaternary nitrogens is 1. The molecule has 6 nitrogen and oxygen atoms in total. The van der Waals surface area contributed by atoms with E-state index >= 15 is 0 Å². The fraction of sp³-hybridized carbons (Fsp3) is 0.318. The van der Waals surface area contributed by atoms with E-state index in [2.05, 4.69) is 5.32 Å². The molecule has 3 saturated heterocycles. The third-order valence-corrected chi connectivity index (χ3v) is 7.21. The summed E-state index contributed by atoms with van der Waals surface area (Å²) in [7, 11) is 0. The number of hydrogen-bond donors (Lipinski definition) is 2. The maximum Gasteiger partial charge on any atom is 0.291 e. The number of para-hydroxylation sites is 1. The van der Waals surface area contributed by atoms with Crippen molar-refractivity contribution in [3.8, 4) is 0 Å². The van der Waals surface area contributed by atoms with Crippen LogP contribution in [0.25, 0.3) is 0 Å². The molecule has 0 bridgehead atoms. The molecule has 4 aliphatic rings. The number of carbonyl (C=O) groups is 3. The lowest BCUT2D eigenvalue weighted by Crippen LogP contribution is -3.19. The number of imide groups is 1. The molecule has 7 heteroatoms. The Morgan fingerprint density at radius 1 is 1.03 bits per heavy atom. The van der Waals surface area contributed by atoms with E-state index in [0.717, 1.165) is 35.5 Å². The zero-order chi connectivity index (χ0) is 19.9. The second-order valence-corrected chi connectivity index (χ2v) is 8.32. The summed E-state index contributed by atoms with van der Waals surface area (Å²) in [5, 5.41) is 2.96. The Labute approximate surface area is 166 Å². The Hall–Kier alpha value is -3.06. The van der Waals surface area contributed by atoms with Gasteiger partial charge in [-0.2, -0.15) is 0 Å². The van der Waals surface area contributed by atoms with Crippen LogP contribution in [0.15, 0.2) is 48.5 Å². The van der Waals surface area contributed by atoms with Crippen LogP contribution < -0.4 is 15.1 Å². The lowest BCUT2D eigenvalue weighted by molar-refractivity contribution is -0.948. The Morgan fingerprint density at radius 3 is 2.59 bits per heavy atom. The minimum atomic E-state index is -1.08. The third kappa shape index (κ3) is 1.86. The van der Waals surface area contributed by atoms with Crippen LogP contribution in [0.3, 0.4) is 0 Å². The molecule has 5 atom stereocenters. The van der Waals surface area contributed by atoms with E-state index < -0.39 is 23.2 Å². The Kier molecular flexibility index (Phi) is 3.20. The van der Waals surface area contributed by atoms with Crippen molar-refractivity contribution in [2.45, 2.75) is 24.4 Å². The monoisotopic (exact) mass is 392 g/mol. The molecule has 3 fully saturated rings. The van der Waals surface area contributed by atoms with E-state index in [1.807, 2.05) is 24.3 Å². The number of carbonyl (C=O) groups excluding carboxylic acids is 3. The molecule has 0 radical (unpaired) electrons. The van der Waals surface area contributed by atoms with Crippen LogP contribution >= 0.6 is 0 Å². The summed E-state index contributed by atoms with van der Waals surface area (Å²) in [6.07, 6.45) is 1.72. The zero-order valence-corrected chi connectivity index (χ0v) is 15.5. The van der Waals surface area contributed by atoms with Gasteiger partial charge in [0.15, 0.2) is 0 Å². The predicted octanol–water partition coefficient (Wildman–Crippen LogP) is 0.840. The minimum Gasteiger partial charge on any atom is -0.320 e. The fourth-order valence-electron chi connectivity index (χ4n) is 6.26. The second kappa shape index (κ2) is 5.51. The van der Waals surface area contributed by atoms with Gasteiger partial charge in [-0.25, -0.2) is 9.29 Å². The molecule has 4 aliphatic heterocycles. The number of halogens is 1. The van der Waals surface area contributed by atoms with E-state index in [9.17, 15) is 18.8 Å².